The molecule has 2 unspecified atom stereocenters. The van der Waals surface area contributed by atoms with Crippen molar-refractivity contribution in [1.82, 2.24) is 20.2 Å². The molecule has 24 heavy (non-hydrogen) atoms. The van der Waals surface area contributed by atoms with E-state index in [9.17, 15) is 14.9 Å². The zero-order valence-corrected chi connectivity index (χ0v) is 13.0. The van der Waals surface area contributed by atoms with Crippen LogP contribution in [0.5, 0.6) is 0 Å². The molecule has 1 aromatic carbocycles. The Balaban J connectivity index is 1.52. The number of amides is 1. The highest BCUT2D eigenvalue weighted by Crippen LogP contribution is 2.47. The average molecular weight is 328 g/mol. The highest BCUT2D eigenvalue weighted by atomic mass is 16.6. The molecular formula is C15H16N6O3. The fourth-order valence-electron chi connectivity index (χ4n) is 2.50. The molecule has 1 amide bonds. The number of hydrogen-bond donors (Lipinski definition) is 1. The molecule has 9 heteroatoms. The van der Waals surface area contributed by atoms with E-state index < -0.39 is 10.9 Å². The van der Waals surface area contributed by atoms with Crippen LogP contribution in [0, 0.1) is 16.0 Å². The summed E-state index contributed by atoms with van der Waals surface area (Å²) in [7, 11) is 0. The van der Waals surface area contributed by atoms with Gasteiger partial charge in [0, 0.05) is 11.0 Å². The van der Waals surface area contributed by atoms with Crippen LogP contribution < -0.4 is 5.43 Å². The summed E-state index contributed by atoms with van der Waals surface area (Å²) in [6, 6.07) is 9.90. The van der Waals surface area contributed by atoms with E-state index in [0.29, 0.717) is 5.71 Å². The van der Waals surface area contributed by atoms with E-state index in [-0.39, 0.29) is 24.3 Å². The van der Waals surface area contributed by atoms with Crippen molar-refractivity contribution in [3.05, 3.63) is 52.3 Å². The van der Waals surface area contributed by atoms with Crippen molar-refractivity contribution in [1.29, 1.82) is 0 Å². The molecule has 1 aliphatic carbocycles. The lowest BCUT2D eigenvalue weighted by atomic mass is 10.1. The highest BCUT2D eigenvalue weighted by molar-refractivity contribution is 5.86. The Morgan fingerprint density at radius 2 is 2.21 bits per heavy atom. The maximum Gasteiger partial charge on any atom is 0.490 e. The normalized spacial score (nSPS) is 19.8. The van der Waals surface area contributed by atoms with Crippen LogP contribution in [0.25, 0.3) is 0 Å². The molecule has 1 N–H and O–H groups in total. The predicted octanol–water partition coefficient (Wildman–Crippen LogP) is 1.48. The van der Waals surface area contributed by atoms with E-state index in [4.69, 9.17) is 0 Å². The van der Waals surface area contributed by atoms with Gasteiger partial charge in [0.2, 0.25) is 12.2 Å². The summed E-state index contributed by atoms with van der Waals surface area (Å²) in [4.78, 5) is 25.5. The highest BCUT2D eigenvalue weighted by Gasteiger charge is 2.43. The van der Waals surface area contributed by atoms with Crippen LogP contribution in [0.3, 0.4) is 0 Å². The summed E-state index contributed by atoms with van der Waals surface area (Å²) >= 11 is 0. The molecule has 1 aromatic heterocycles. The lowest BCUT2D eigenvalue weighted by Crippen LogP contribution is -2.22. The van der Waals surface area contributed by atoms with Gasteiger partial charge in [-0.15, -0.1) is 0 Å². The van der Waals surface area contributed by atoms with Gasteiger partial charge in [-0.05, 0) is 29.7 Å². The molecule has 3 rings (SSSR count). The van der Waals surface area contributed by atoms with Crippen LogP contribution >= 0.6 is 0 Å². The Bertz CT molecular complexity index is 786. The molecule has 2 aromatic rings. The number of rotatable bonds is 6. The van der Waals surface area contributed by atoms with Crippen LogP contribution in [0.1, 0.15) is 24.8 Å². The standard InChI is InChI=1S/C15H16N6O3/c1-10(8-20-9-16-15(19-20)21(23)24)17-18-14(22)13-7-12(13)11-5-3-2-4-6-11/h2-6,9,12-13H,7-8H2,1H3,(H,18,22)/b17-10+. The molecule has 0 radical (unpaired) electrons. The third-order valence-electron chi connectivity index (χ3n) is 3.79. The Kier molecular flexibility index (Phi) is 4.32. The molecule has 9 nitrogen and oxygen atoms in total. The first-order valence-corrected chi connectivity index (χ1v) is 7.46. The number of hydrogen-bond acceptors (Lipinski definition) is 6. The lowest BCUT2D eigenvalue weighted by Gasteiger charge is -2.02. The SMILES string of the molecule is C/C(Cn1cnc([N+](=O)[O-])n1)=N\NC(=O)C1CC1c1ccccc1. The number of aromatic nitrogens is 3. The molecule has 0 aliphatic heterocycles. The number of hydrazone groups is 1. The molecule has 1 heterocycles. The fourth-order valence-corrected chi connectivity index (χ4v) is 2.50. The Morgan fingerprint density at radius 3 is 2.88 bits per heavy atom. The van der Waals surface area contributed by atoms with Gasteiger partial charge < -0.3 is 10.1 Å². The monoisotopic (exact) mass is 328 g/mol. The van der Waals surface area contributed by atoms with Crippen LogP contribution in [0.4, 0.5) is 5.95 Å². The number of benzene rings is 1. The molecule has 0 spiro atoms. The van der Waals surface area contributed by atoms with Crippen molar-refractivity contribution in [2.24, 2.45) is 11.0 Å². The van der Waals surface area contributed by atoms with Crippen molar-refractivity contribution >= 4 is 17.6 Å². The Morgan fingerprint density at radius 1 is 1.46 bits per heavy atom. The van der Waals surface area contributed by atoms with Crippen LogP contribution in [-0.4, -0.2) is 31.3 Å². The number of nitrogens with zero attached hydrogens (tertiary/aromatic N) is 5. The van der Waals surface area contributed by atoms with E-state index >= 15 is 0 Å². The van der Waals surface area contributed by atoms with Crippen molar-refractivity contribution in [2.45, 2.75) is 25.8 Å². The van der Waals surface area contributed by atoms with Crippen molar-refractivity contribution in [2.75, 3.05) is 0 Å². The van der Waals surface area contributed by atoms with Crippen LogP contribution in [-0.2, 0) is 11.3 Å². The van der Waals surface area contributed by atoms with Gasteiger partial charge in [-0.3, -0.25) is 4.79 Å². The topological polar surface area (TPSA) is 115 Å². The number of nitrogens with one attached hydrogen (secondary N) is 1. The van der Waals surface area contributed by atoms with Crippen molar-refractivity contribution in [3.8, 4) is 0 Å². The quantitative estimate of drug-likeness (QED) is 0.490. The smallest absolute Gasteiger partial charge is 0.390 e. The predicted molar refractivity (Wildman–Crippen MR) is 85.2 cm³/mol. The number of carbonyl (C=O) groups is 1. The zero-order chi connectivity index (χ0) is 17.1. The fraction of sp³-hybridized carbons (Fsp3) is 0.333. The van der Waals surface area contributed by atoms with E-state index in [1.807, 2.05) is 30.3 Å². The maximum atomic E-state index is 12.1. The molecule has 0 saturated heterocycles. The van der Waals surface area contributed by atoms with E-state index in [1.165, 1.54) is 11.0 Å². The summed E-state index contributed by atoms with van der Waals surface area (Å²) in [5, 5.41) is 18.2. The molecule has 1 fully saturated rings. The first-order chi connectivity index (χ1) is 11.5. The number of nitro groups is 1. The summed E-state index contributed by atoms with van der Waals surface area (Å²) < 4.78 is 1.30. The third kappa shape index (κ3) is 3.62. The molecule has 1 aliphatic rings. The number of carbonyl (C=O) groups excluding carboxylic acids is 1. The van der Waals surface area contributed by atoms with Gasteiger partial charge in [0.05, 0.1) is 12.3 Å². The minimum Gasteiger partial charge on any atom is -0.390 e. The Labute approximate surface area is 137 Å². The summed E-state index contributed by atoms with van der Waals surface area (Å²) in [5.41, 5.74) is 4.28. The molecule has 124 valence electrons. The van der Waals surface area contributed by atoms with E-state index in [2.05, 4.69) is 20.6 Å². The largest absolute Gasteiger partial charge is 0.490 e. The van der Waals surface area contributed by atoms with Crippen molar-refractivity contribution < 1.29 is 9.72 Å². The average Bonchev–Trinajstić information content (AvgIpc) is 3.25. The van der Waals surface area contributed by atoms with Gasteiger partial charge in [-0.2, -0.15) is 9.78 Å². The van der Waals surface area contributed by atoms with Crippen LogP contribution in [0.2, 0.25) is 0 Å². The Hall–Kier alpha value is -3.10. The minimum absolute atomic E-state index is 0.0589. The van der Waals surface area contributed by atoms with Gasteiger partial charge in [-0.1, -0.05) is 35.3 Å². The second kappa shape index (κ2) is 6.57. The summed E-state index contributed by atoms with van der Waals surface area (Å²) in [6.07, 6.45) is 2.07. The van der Waals surface area contributed by atoms with Gasteiger partial charge in [0.15, 0.2) is 0 Å². The van der Waals surface area contributed by atoms with Gasteiger partial charge in [0.25, 0.3) is 0 Å². The molecule has 0 bridgehead atoms. The second-order valence-corrected chi connectivity index (χ2v) is 5.68. The van der Waals surface area contributed by atoms with Gasteiger partial charge >= 0.3 is 5.95 Å². The maximum absolute atomic E-state index is 12.1. The minimum atomic E-state index is -0.665. The molecule has 1 saturated carbocycles. The molecular weight excluding hydrogens is 312 g/mol. The van der Waals surface area contributed by atoms with Crippen LogP contribution in [0.15, 0.2) is 41.8 Å². The van der Waals surface area contributed by atoms with Crippen molar-refractivity contribution in [3.63, 3.8) is 0 Å². The third-order valence-corrected chi connectivity index (χ3v) is 3.79. The van der Waals surface area contributed by atoms with E-state index in [0.717, 1.165) is 12.0 Å². The first-order valence-electron chi connectivity index (χ1n) is 7.46. The summed E-state index contributed by atoms with van der Waals surface area (Å²) in [6.45, 7) is 1.92. The van der Waals surface area contributed by atoms with Gasteiger partial charge in [-0.25, -0.2) is 5.43 Å². The second-order valence-electron chi connectivity index (χ2n) is 5.68. The van der Waals surface area contributed by atoms with E-state index in [1.54, 1.807) is 6.92 Å². The summed E-state index contributed by atoms with van der Waals surface area (Å²) in [5.74, 6) is -0.389. The molecule has 2 atom stereocenters. The zero-order valence-electron chi connectivity index (χ0n) is 13.0. The first kappa shape index (κ1) is 15.8. The lowest BCUT2D eigenvalue weighted by molar-refractivity contribution is -0.394. The van der Waals surface area contributed by atoms with Gasteiger partial charge in [0.1, 0.15) is 0 Å².